The Bertz CT molecular complexity index is 505. The maximum atomic E-state index is 12.0. The van der Waals surface area contributed by atoms with Gasteiger partial charge in [0.25, 0.3) is 0 Å². The normalized spacial score (nSPS) is 20.7. The molecule has 22 heavy (non-hydrogen) atoms. The molecule has 1 saturated carbocycles. The van der Waals surface area contributed by atoms with Crippen LogP contribution in [0.15, 0.2) is 18.2 Å². The molecule has 1 aliphatic carbocycles. The summed E-state index contributed by atoms with van der Waals surface area (Å²) in [7, 11) is 3.26. The molecule has 1 amide bonds. The fourth-order valence-corrected chi connectivity index (χ4v) is 3.02. The molecule has 1 aliphatic rings. The van der Waals surface area contributed by atoms with Crippen molar-refractivity contribution in [2.75, 3.05) is 20.8 Å². The number of rotatable bonds is 7. The SMILES string of the molecule is COc1ccc(CCNC(=O)C[C@@H]2CCC[C@H]2N)c(OC)c1. The Kier molecular flexibility index (Phi) is 6.07. The summed E-state index contributed by atoms with van der Waals surface area (Å²) in [4.78, 5) is 12.0. The number of ether oxygens (including phenoxy) is 2. The number of hydrogen-bond acceptors (Lipinski definition) is 4. The lowest BCUT2D eigenvalue weighted by Crippen LogP contribution is -2.32. The highest BCUT2D eigenvalue weighted by Gasteiger charge is 2.25. The molecule has 5 nitrogen and oxygen atoms in total. The number of amides is 1. The maximum absolute atomic E-state index is 12.0. The van der Waals surface area contributed by atoms with Crippen molar-refractivity contribution >= 4 is 5.91 Å². The third kappa shape index (κ3) is 4.37. The van der Waals surface area contributed by atoms with Crippen LogP contribution in [0.25, 0.3) is 0 Å². The average Bonchev–Trinajstić information content (AvgIpc) is 2.92. The molecule has 0 unspecified atom stereocenters. The van der Waals surface area contributed by atoms with Crippen LogP contribution in [-0.4, -0.2) is 32.7 Å². The van der Waals surface area contributed by atoms with Gasteiger partial charge in [0.2, 0.25) is 5.91 Å². The second-order valence-corrected chi connectivity index (χ2v) is 5.84. The van der Waals surface area contributed by atoms with Gasteiger partial charge in [0.15, 0.2) is 0 Å². The Morgan fingerprint density at radius 2 is 2.14 bits per heavy atom. The van der Waals surface area contributed by atoms with Crippen molar-refractivity contribution in [2.45, 2.75) is 38.1 Å². The molecule has 1 fully saturated rings. The summed E-state index contributed by atoms with van der Waals surface area (Å²) in [6.07, 6.45) is 4.53. The van der Waals surface area contributed by atoms with Crippen LogP contribution >= 0.6 is 0 Å². The molecule has 3 N–H and O–H groups in total. The zero-order valence-corrected chi connectivity index (χ0v) is 13.4. The highest BCUT2D eigenvalue weighted by molar-refractivity contribution is 5.76. The quantitative estimate of drug-likeness (QED) is 0.806. The van der Waals surface area contributed by atoms with Crippen molar-refractivity contribution in [2.24, 2.45) is 11.7 Å². The topological polar surface area (TPSA) is 73.6 Å². The van der Waals surface area contributed by atoms with Gasteiger partial charge in [-0.15, -0.1) is 0 Å². The fraction of sp³-hybridized carbons (Fsp3) is 0.588. The first-order valence-corrected chi connectivity index (χ1v) is 7.87. The molecule has 0 aromatic heterocycles. The van der Waals surface area contributed by atoms with Crippen LogP contribution in [0.3, 0.4) is 0 Å². The van der Waals surface area contributed by atoms with Crippen LogP contribution < -0.4 is 20.5 Å². The maximum Gasteiger partial charge on any atom is 0.220 e. The highest BCUT2D eigenvalue weighted by Crippen LogP contribution is 2.27. The molecule has 0 bridgehead atoms. The average molecular weight is 306 g/mol. The fourth-order valence-electron chi connectivity index (χ4n) is 3.02. The number of methoxy groups -OCH3 is 2. The third-order valence-electron chi connectivity index (χ3n) is 4.38. The van der Waals surface area contributed by atoms with Crippen molar-refractivity contribution in [1.29, 1.82) is 0 Å². The molecule has 0 spiro atoms. The zero-order valence-electron chi connectivity index (χ0n) is 13.4. The summed E-state index contributed by atoms with van der Waals surface area (Å²) in [5, 5.41) is 2.98. The molecule has 0 saturated heterocycles. The molecule has 2 atom stereocenters. The van der Waals surface area contributed by atoms with E-state index in [1.807, 2.05) is 18.2 Å². The third-order valence-corrected chi connectivity index (χ3v) is 4.38. The van der Waals surface area contributed by atoms with Crippen molar-refractivity contribution in [3.63, 3.8) is 0 Å². The van der Waals surface area contributed by atoms with E-state index in [0.717, 1.165) is 42.7 Å². The molecule has 0 heterocycles. The van der Waals surface area contributed by atoms with Gasteiger partial charge in [-0.25, -0.2) is 0 Å². The van der Waals surface area contributed by atoms with Crippen LogP contribution in [-0.2, 0) is 11.2 Å². The Balaban J connectivity index is 1.79. The second-order valence-electron chi connectivity index (χ2n) is 5.84. The standard InChI is InChI=1S/C17H26N2O3/c1-21-14-7-6-12(16(11-14)22-2)8-9-19-17(20)10-13-4-3-5-15(13)18/h6-7,11,13,15H,3-5,8-10,18H2,1-2H3,(H,19,20)/t13-,15+/m0/s1. The summed E-state index contributed by atoms with van der Waals surface area (Å²) >= 11 is 0. The van der Waals surface area contributed by atoms with E-state index in [-0.39, 0.29) is 11.9 Å². The first kappa shape index (κ1) is 16.6. The number of carbonyl (C=O) groups excluding carboxylic acids is 1. The van der Waals surface area contributed by atoms with Crippen LogP contribution in [0.2, 0.25) is 0 Å². The number of nitrogens with two attached hydrogens (primary N) is 1. The smallest absolute Gasteiger partial charge is 0.220 e. The van der Waals surface area contributed by atoms with E-state index in [1.165, 1.54) is 0 Å². The van der Waals surface area contributed by atoms with Gasteiger partial charge >= 0.3 is 0 Å². The van der Waals surface area contributed by atoms with Gasteiger partial charge in [-0.05, 0) is 36.8 Å². The Labute approximate surface area is 132 Å². The van der Waals surface area contributed by atoms with Gasteiger partial charge in [-0.3, -0.25) is 4.79 Å². The predicted molar refractivity (Wildman–Crippen MR) is 86.2 cm³/mol. The molecular formula is C17H26N2O3. The lowest BCUT2D eigenvalue weighted by atomic mass is 10.00. The summed E-state index contributed by atoms with van der Waals surface area (Å²) in [5.41, 5.74) is 7.06. The van der Waals surface area contributed by atoms with E-state index >= 15 is 0 Å². The van der Waals surface area contributed by atoms with E-state index in [1.54, 1.807) is 14.2 Å². The van der Waals surface area contributed by atoms with Crippen molar-refractivity contribution in [3.05, 3.63) is 23.8 Å². The largest absolute Gasteiger partial charge is 0.497 e. The molecule has 5 heteroatoms. The van der Waals surface area contributed by atoms with Crippen molar-refractivity contribution in [3.8, 4) is 11.5 Å². The highest BCUT2D eigenvalue weighted by atomic mass is 16.5. The second kappa shape index (κ2) is 8.03. The first-order chi connectivity index (χ1) is 10.6. The van der Waals surface area contributed by atoms with E-state index < -0.39 is 0 Å². The summed E-state index contributed by atoms with van der Waals surface area (Å²) in [6, 6.07) is 5.91. The Morgan fingerprint density at radius 1 is 1.32 bits per heavy atom. The van der Waals surface area contributed by atoms with Crippen LogP contribution in [0.5, 0.6) is 11.5 Å². The molecular weight excluding hydrogens is 280 g/mol. The Hall–Kier alpha value is -1.75. The van der Waals surface area contributed by atoms with Gasteiger partial charge < -0.3 is 20.5 Å². The molecule has 1 aromatic carbocycles. The van der Waals surface area contributed by atoms with E-state index in [4.69, 9.17) is 15.2 Å². The minimum atomic E-state index is 0.0924. The molecule has 2 rings (SSSR count). The Morgan fingerprint density at radius 3 is 2.77 bits per heavy atom. The van der Waals surface area contributed by atoms with Crippen LogP contribution in [0.1, 0.15) is 31.2 Å². The summed E-state index contributed by atoms with van der Waals surface area (Å²) in [6.45, 7) is 0.601. The molecule has 122 valence electrons. The van der Waals surface area contributed by atoms with Gasteiger partial charge in [-0.2, -0.15) is 0 Å². The minimum absolute atomic E-state index is 0.0924. The zero-order chi connectivity index (χ0) is 15.9. The van der Waals surface area contributed by atoms with Crippen molar-refractivity contribution < 1.29 is 14.3 Å². The molecule has 0 radical (unpaired) electrons. The lowest BCUT2D eigenvalue weighted by Gasteiger charge is -2.15. The van der Waals surface area contributed by atoms with Gasteiger partial charge in [0, 0.05) is 25.1 Å². The minimum Gasteiger partial charge on any atom is -0.497 e. The number of carbonyl (C=O) groups is 1. The monoisotopic (exact) mass is 306 g/mol. The molecule has 0 aliphatic heterocycles. The first-order valence-electron chi connectivity index (χ1n) is 7.87. The van der Waals surface area contributed by atoms with Crippen LogP contribution in [0, 0.1) is 5.92 Å². The molecule has 1 aromatic rings. The van der Waals surface area contributed by atoms with Gasteiger partial charge in [0.05, 0.1) is 14.2 Å². The number of benzene rings is 1. The van der Waals surface area contributed by atoms with E-state index in [2.05, 4.69) is 5.32 Å². The van der Waals surface area contributed by atoms with Gasteiger partial charge in [-0.1, -0.05) is 12.5 Å². The van der Waals surface area contributed by atoms with E-state index in [9.17, 15) is 4.79 Å². The van der Waals surface area contributed by atoms with Gasteiger partial charge in [0.1, 0.15) is 11.5 Å². The summed E-state index contributed by atoms with van der Waals surface area (Å²) in [5.74, 6) is 1.98. The van der Waals surface area contributed by atoms with Crippen molar-refractivity contribution in [1.82, 2.24) is 5.32 Å². The van der Waals surface area contributed by atoms with Crippen LogP contribution in [0.4, 0.5) is 0 Å². The lowest BCUT2D eigenvalue weighted by molar-refractivity contribution is -0.122. The predicted octanol–water partition coefficient (Wildman–Crippen LogP) is 1.88. The van der Waals surface area contributed by atoms with E-state index in [0.29, 0.717) is 18.9 Å². The summed E-state index contributed by atoms with van der Waals surface area (Å²) < 4.78 is 10.5. The number of hydrogen-bond donors (Lipinski definition) is 2. The number of nitrogens with one attached hydrogen (secondary N) is 1.